The van der Waals surface area contributed by atoms with E-state index < -0.39 is 0 Å². The van der Waals surface area contributed by atoms with Crippen LogP contribution in [0.2, 0.25) is 0 Å². The smallest absolute Gasteiger partial charge is 0.244 e. The van der Waals surface area contributed by atoms with Crippen molar-refractivity contribution < 1.29 is 9.59 Å². The van der Waals surface area contributed by atoms with E-state index in [2.05, 4.69) is 28.4 Å². The molecule has 5 nitrogen and oxygen atoms in total. The SMILES string of the molecule is Cc1ccc(/C=C/C(=O)NCC(=O)N2CCN(c3ccccc3)CC2)c(C)c1. The van der Waals surface area contributed by atoms with Crippen LogP contribution in [-0.4, -0.2) is 49.4 Å². The van der Waals surface area contributed by atoms with Gasteiger partial charge in [-0.25, -0.2) is 0 Å². The van der Waals surface area contributed by atoms with E-state index in [1.807, 2.05) is 49.1 Å². The number of hydrogen-bond acceptors (Lipinski definition) is 3. The second-order valence-electron chi connectivity index (χ2n) is 7.11. The molecule has 0 spiro atoms. The molecule has 2 amide bonds. The number of hydrogen-bond donors (Lipinski definition) is 1. The van der Waals surface area contributed by atoms with Crippen molar-refractivity contribution in [2.75, 3.05) is 37.6 Å². The van der Waals surface area contributed by atoms with Gasteiger partial charge in [-0.1, -0.05) is 42.0 Å². The summed E-state index contributed by atoms with van der Waals surface area (Å²) in [6.07, 6.45) is 3.27. The lowest BCUT2D eigenvalue weighted by Crippen LogP contribution is -2.51. The maximum absolute atomic E-state index is 12.4. The second-order valence-corrected chi connectivity index (χ2v) is 7.11. The maximum Gasteiger partial charge on any atom is 0.244 e. The van der Waals surface area contributed by atoms with Gasteiger partial charge in [0.1, 0.15) is 0 Å². The average molecular weight is 377 g/mol. The fourth-order valence-corrected chi connectivity index (χ4v) is 3.36. The van der Waals surface area contributed by atoms with Crippen LogP contribution in [-0.2, 0) is 9.59 Å². The Hall–Kier alpha value is -3.08. The van der Waals surface area contributed by atoms with Crippen LogP contribution in [0.25, 0.3) is 6.08 Å². The quantitative estimate of drug-likeness (QED) is 0.816. The lowest BCUT2D eigenvalue weighted by atomic mass is 10.1. The van der Waals surface area contributed by atoms with Gasteiger partial charge in [-0.3, -0.25) is 9.59 Å². The normalized spacial score (nSPS) is 14.4. The predicted molar refractivity (Wildman–Crippen MR) is 113 cm³/mol. The number of rotatable bonds is 5. The molecule has 0 saturated carbocycles. The van der Waals surface area contributed by atoms with E-state index in [1.165, 1.54) is 17.3 Å². The van der Waals surface area contributed by atoms with Crippen molar-refractivity contribution in [2.24, 2.45) is 0 Å². The molecule has 2 aromatic carbocycles. The first kappa shape index (κ1) is 19.7. The van der Waals surface area contributed by atoms with Crippen LogP contribution < -0.4 is 10.2 Å². The van der Waals surface area contributed by atoms with Gasteiger partial charge in [0.2, 0.25) is 11.8 Å². The Bertz CT molecular complexity index is 853. The first-order chi connectivity index (χ1) is 13.5. The summed E-state index contributed by atoms with van der Waals surface area (Å²) in [5.74, 6) is -0.294. The van der Waals surface area contributed by atoms with Gasteiger partial charge in [0.25, 0.3) is 0 Å². The molecule has 1 heterocycles. The zero-order chi connectivity index (χ0) is 19.9. The molecule has 2 aromatic rings. The Kier molecular flexibility index (Phi) is 6.48. The van der Waals surface area contributed by atoms with E-state index in [4.69, 9.17) is 0 Å². The van der Waals surface area contributed by atoms with Gasteiger partial charge in [-0.15, -0.1) is 0 Å². The molecule has 3 rings (SSSR count). The van der Waals surface area contributed by atoms with Gasteiger partial charge in [0.05, 0.1) is 6.54 Å². The lowest BCUT2D eigenvalue weighted by Gasteiger charge is -2.36. The predicted octanol–water partition coefficient (Wildman–Crippen LogP) is 2.78. The van der Waals surface area contributed by atoms with Gasteiger partial charge < -0.3 is 15.1 Å². The molecule has 5 heteroatoms. The van der Waals surface area contributed by atoms with Crippen molar-refractivity contribution in [1.82, 2.24) is 10.2 Å². The van der Waals surface area contributed by atoms with Gasteiger partial charge in [0, 0.05) is 37.9 Å². The van der Waals surface area contributed by atoms with E-state index in [0.29, 0.717) is 13.1 Å². The highest BCUT2D eigenvalue weighted by molar-refractivity contribution is 5.94. The summed E-state index contributed by atoms with van der Waals surface area (Å²) in [4.78, 5) is 28.5. The van der Waals surface area contributed by atoms with Crippen LogP contribution in [0.4, 0.5) is 5.69 Å². The third-order valence-corrected chi connectivity index (χ3v) is 5.01. The molecule has 1 N–H and O–H groups in total. The van der Waals surface area contributed by atoms with Crippen molar-refractivity contribution in [3.63, 3.8) is 0 Å². The fourth-order valence-electron chi connectivity index (χ4n) is 3.36. The number of aryl methyl sites for hydroxylation is 2. The third-order valence-electron chi connectivity index (χ3n) is 5.01. The Morgan fingerprint density at radius 2 is 1.71 bits per heavy atom. The highest BCUT2D eigenvalue weighted by Crippen LogP contribution is 2.15. The van der Waals surface area contributed by atoms with Crippen molar-refractivity contribution in [1.29, 1.82) is 0 Å². The molecular formula is C23H27N3O2. The molecule has 0 aromatic heterocycles. The molecule has 28 heavy (non-hydrogen) atoms. The molecular weight excluding hydrogens is 350 g/mol. The summed E-state index contributed by atoms with van der Waals surface area (Å²) >= 11 is 0. The molecule has 0 unspecified atom stereocenters. The molecule has 1 saturated heterocycles. The molecule has 0 bridgehead atoms. The topological polar surface area (TPSA) is 52.7 Å². The number of anilines is 1. The van der Waals surface area contributed by atoms with Crippen LogP contribution in [0.15, 0.2) is 54.6 Å². The van der Waals surface area contributed by atoms with E-state index in [-0.39, 0.29) is 18.4 Å². The van der Waals surface area contributed by atoms with Crippen LogP contribution in [0.3, 0.4) is 0 Å². The molecule has 0 aliphatic carbocycles. The number of benzene rings is 2. The molecule has 1 aliphatic rings. The van der Waals surface area contributed by atoms with Crippen LogP contribution in [0.1, 0.15) is 16.7 Å². The summed E-state index contributed by atoms with van der Waals surface area (Å²) in [6.45, 7) is 7.03. The average Bonchev–Trinajstić information content (AvgIpc) is 2.72. The van der Waals surface area contributed by atoms with E-state index in [0.717, 1.165) is 24.2 Å². The zero-order valence-electron chi connectivity index (χ0n) is 16.5. The van der Waals surface area contributed by atoms with E-state index in [9.17, 15) is 9.59 Å². The minimum atomic E-state index is -0.253. The number of carbonyl (C=O) groups is 2. The minimum absolute atomic E-state index is 0.0292. The number of amides is 2. The number of nitrogens with one attached hydrogen (secondary N) is 1. The fraction of sp³-hybridized carbons (Fsp3) is 0.304. The maximum atomic E-state index is 12.4. The number of piperazine rings is 1. The monoisotopic (exact) mass is 377 g/mol. The van der Waals surface area contributed by atoms with Gasteiger partial charge in [-0.2, -0.15) is 0 Å². The summed E-state index contributed by atoms with van der Waals surface area (Å²) < 4.78 is 0. The summed E-state index contributed by atoms with van der Waals surface area (Å²) in [6, 6.07) is 16.3. The van der Waals surface area contributed by atoms with E-state index in [1.54, 1.807) is 6.08 Å². The molecule has 146 valence electrons. The second kappa shape index (κ2) is 9.22. The van der Waals surface area contributed by atoms with Crippen LogP contribution >= 0.6 is 0 Å². The van der Waals surface area contributed by atoms with Crippen LogP contribution in [0.5, 0.6) is 0 Å². The van der Waals surface area contributed by atoms with E-state index >= 15 is 0 Å². The summed E-state index contributed by atoms with van der Waals surface area (Å²) in [5.41, 5.74) is 4.50. The molecule has 1 fully saturated rings. The Morgan fingerprint density at radius 1 is 1.00 bits per heavy atom. The van der Waals surface area contributed by atoms with Crippen molar-refractivity contribution in [2.45, 2.75) is 13.8 Å². The standard InChI is InChI=1S/C23H27N3O2/c1-18-8-9-20(19(2)16-18)10-11-22(27)24-17-23(28)26-14-12-25(13-15-26)21-6-4-3-5-7-21/h3-11,16H,12-15,17H2,1-2H3,(H,24,27)/b11-10+. The van der Waals surface area contributed by atoms with Gasteiger partial charge in [-0.05, 0) is 43.2 Å². The molecule has 0 atom stereocenters. The number of carbonyl (C=O) groups excluding carboxylic acids is 2. The highest BCUT2D eigenvalue weighted by atomic mass is 16.2. The van der Waals surface area contributed by atoms with Crippen molar-refractivity contribution >= 4 is 23.6 Å². The zero-order valence-corrected chi connectivity index (χ0v) is 16.5. The largest absolute Gasteiger partial charge is 0.368 e. The number of nitrogens with zero attached hydrogens (tertiary/aromatic N) is 2. The Balaban J connectivity index is 1.44. The highest BCUT2D eigenvalue weighted by Gasteiger charge is 2.21. The lowest BCUT2D eigenvalue weighted by molar-refractivity contribution is -0.132. The first-order valence-electron chi connectivity index (χ1n) is 9.64. The van der Waals surface area contributed by atoms with Crippen molar-refractivity contribution in [3.8, 4) is 0 Å². The number of para-hydroxylation sites is 1. The summed E-state index contributed by atoms with van der Waals surface area (Å²) in [7, 11) is 0. The first-order valence-corrected chi connectivity index (χ1v) is 9.64. The van der Waals surface area contributed by atoms with Crippen LogP contribution in [0, 0.1) is 13.8 Å². The Morgan fingerprint density at radius 3 is 2.39 bits per heavy atom. The van der Waals surface area contributed by atoms with Crippen molar-refractivity contribution in [3.05, 3.63) is 71.3 Å². The summed E-state index contributed by atoms with van der Waals surface area (Å²) in [5, 5.41) is 2.69. The third kappa shape index (κ3) is 5.22. The molecule has 0 radical (unpaired) electrons. The van der Waals surface area contributed by atoms with Gasteiger partial charge >= 0.3 is 0 Å². The Labute approximate surface area is 166 Å². The molecule has 1 aliphatic heterocycles. The minimum Gasteiger partial charge on any atom is -0.368 e. The van der Waals surface area contributed by atoms with Gasteiger partial charge in [0.15, 0.2) is 0 Å².